The molecule has 0 aromatic carbocycles. The van der Waals surface area contributed by atoms with Crippen molar-refractivity contribution in [2.45, 2.75) is 45.2 Å². The Balaban J connectivity index is 2.02. The van der Waals surface area contributed by atoms with Gasteiger partial charge in [0.25, 0.3) is 5.56 Å². The summed E-state index contributed by atoms with van der Waals surface area (Å²) in [6.07, 6.45) is 5.55. The third kappa shape index (κ3) is 3.29. The number of amides is 1. The van der Waals surface area contributed by atoms with Crippen molar-refractivity contribution in [3.63, 3.8) is 0 Å². The summed E-state index contributed by atoms with van der Waals surface area (Å²) in [5.41, 5.74) is -0.884. The van der Waals surface area contributed by atoms with E-state index in [4.69, 9.17) is 4.74 Å². The molecule has 1 N–H and O–H groups in total. The van der Waals surface area contributed by atoms with E-state index < -0.39 is 11.2 Å². The van der Waals surface area contributed by atoms with Crippen molar-refractivity contribution in [2.24, 2.45) is 7.05 Å². The minimum atomic E-state index is -0.569. The highest BCUT2D eigenvalue weighted by Gasteiger charge is 2.20. The number of pyridine rings is 1. The molecule has 8 nitrogen and oxygen atoms in total. The number of aryl methyl sites for hydroxylation is 1. The molecule has 0 atom stereocenters. The Bertz CT molecular complexity index is 909. The van der Waals surface area contributed by atoms with Crippen LogP contribution < -0.4 is 21.3 Å². The second-order valence-corrected chi connectivity index (χ2v) is 6.22. The number of aromatic nitrogens is 3. The Hall–Kier alpha value is -2.64. The van der Waals surface area contributed by atoms with E-state index in [1.54, 1.807) is 6.07 Å². The molecule has 0 unspecified atom stereocenters. The molecule has 1 fully saturated rings. The molecule has 1 amide bonds. The molecule has 0 saturated heterocycles. The Labute approximate surface area is 144 Å². The standard InChI is InChI=1S/C17H22N4O4/c1-3-25-12-8-9-18-15-14(12)16(23)21(17(24)20(15)2)10-13(22)19-11-6-4-5-7-11/h8-9,11H,3-7,10H2,1-2H3,(H,19,22). The van der Waals surface area contributed by atoms with Gasteiger partial charge in [-0.1, -0.05) is 12.8 Å². The van der Waals surface area contributed by atoms with E-state index in [9.17, 15) is 14.4 Å². The van der Waals surface area contributed by atoms with Crippen molar-refractivity contribution in [2.75, 3.05) is 6.61 Å². The lowest BCUT2D eigenvalue weighted by Gasteiger charge is -2.14. The summed E-state index contributed by atoms with van der Waals surface area (Å²) in [6, 6.07) is 1.72. The highest BCUT2D eigenvalue weighted by Crippen LogP contribution is 2.19. The van der Waals surface area contributed by atoms with Gasteiger partial charge in [-0.15, -0.1) is 0 Å². The summed E-state index contributed by atoms with van der Waals surface area (Å²) >= 11 is 0. The van der Waals surface area contributed by atoms with Crippen LogP contribution in [0.25, 0.3) is 11.0 Å². The van der Waals surface area contributed by atoms with Gasteiger partial charge in [-0.2, -0.15) is 0 Å². The lowest BCUT2D eigenvalue weighted by Crippen LogP contribution is -2.45. The molecule has 0 spiro atoms. The van der Waals surface area contributed by atoms with Crippen LogP contribution in [0, 0.1) is 0 Å². The highest BCUT2D eigenvalue weighted by molar-refractivity contribution is 5.82. The first-order valence-corrected chi connectivity index (χ1v) is 8.53. The van der Waals surface area contributed by atoms with Gasteiger partial charge in [0, 0.05) is 19.3 Å². The van der Waals surface area contributed by atoms with Crippen LogP contribution in [-0.2, 0) is 18.4 Å². The Morgan fingerprint density at radius 3 is 2.76 bits per heavy atom. The monoisotopic (exact) mass is 346 g/mol. The van der Waals surface area contributed by atoms with Gasteiger partial charge >= 0.3 is 5.69 Å². The number of hydrogen-bond donors (Lipinski definition) is 1. The zero-order valence-electron chi connectivity index (χ0n) is 14.4. The van der Waals surface area contributed by atoms with E-state index >= 15 is 0 Å². The second kappa shape index (κ2) is 7.08. The summed E-state index contributed by atoms with van der Waals surface area (Å²) in [5, 5.41) is 3.10. The summed E-state index contributed by atoms with van der Waals surface area (Å²) in [5.74, 6) is 0.0327. The normalized spacial score (nSPS) is 14.8. The first-order valence-electron chi connectivity index (χ1n) is 8.53. The fourth-order valence-corrected chi connectivity index (χ4v) is 3.28. The molecule has 8 heteroatoms. The van der Waals surface area contributed by atoms with Crippen molar-refractivity contribution in [3.8, 4) is 5.75 Å². The summed E-state index contributed by atoms with van der Waals surface area (Å²) < 4.78 is 7.70. The first kappa shape index (κ1) is 17.2. The third-order valence-corrected chi connectivity index (χ3v) is 4.51. The van der Waals surface area contributed by atoms with Crippen molar-refractivity contribution in [1.82, 2.24) is 19.4 Å². The van der Waals surface area contributed by atoms with Crippen LogP contribution in [0.2, 0.25) is 0 Å². The number of ether oxygens (including phenoxy) is 1. The molecular formula is C17H22N4O4. The number of nitrogens with one attached hydrogen (secondary N) is 1. The zero-order chi connectivity index (χ0) is 18.0. The van der Waals surface area contributed by atoms with Gasteiger partial charge in [0.15, 0.2) is 5.65 Å². The van der Waals surface area contributed by atoms with Gasteiger partial charge in [0.05, 0.1) is 6.61 Å². The molecule has 3 rings (SSSR count). The lowest BCUT2D eigenvalue weighted by molar-refractivity contribution is -0.122. The maximum Gasteiger partial charge on any atom is 0.332 e. The zero-order valence-corrected chi connectivity index (χ0v) is 14.4. The molecule has 0 radical (unpaired) electrons. The number of hydrogen-bond acceptors (Lipinski definition) is 5. The van der Waals surface area contributed by atoms with E-state index in [0.29, 0.717) is 12.4 Å². The molecule has 1 aliphatic rings. The van der Waals surface area contributed by atoms with Crippen LogP contribution in [0.5, 0.6) is 5.75 Å². The predicted molar refractivity (Wildman–Crippen MR) is 92.8 cm³/mol. The molecular weight excluding hydrogens is 324 g/mol. The minimum Gasteiger partial charge on any atom is -0.493 e. The number of nitrogens with zero attached hydrogens (tertiary/aromatic N) is 3. The molecule has 2 aromatic heterocycles. The molecule has 2 aromatic rings. The van der Waals surface area contributed by atoms with E-state index in [1.165, 1.54) is 17.8 Å². The van der Waals surface area contributed by atoms with Crippen LogP contribution in [0.1, 0.15) is 32.6 Å². The van der Waals surface area contributed by atoms with Crippen LogP contribution >= 0.6 is 0 Å². The molecule has 1 saturated carbocycles. The average molecular weight is 346 g/mol. The smallest absolute Gasteiger partial charge is 0.332 e. The molecule has 0 aliphatic heterocycles. The number of fused-ring (bicyclic) bond motifs is 1. The fraction of sp³-hybridized carbons (Fsp3) is 0.529. The number of rotatable bonds is 5. The largest absolute Gasteiger partial charge is 0.493 e. The maximum atomic E-state index is 12.8. The summed E-state index contributed by atoms with van der Waals surface area (Å²) in [7, 11) is 1.53. The van der Waals surface area contributed by atoms with E-state index in [0.717, 1.165) is 30.3 Å². The van der Waals surface area contributed by atoms with Crippen molar-refractivity contribution >= 4 is 16.9 Å². The van der Waals surface area contributed by atoms with Gasteiger partial charge in [0.2, 0.25) is 5.91 Å². The SMILES string of the molecule is CCOc1ccnc2c1c(=O)n(CC(=O)NC1CCCC1)c(=O)n2C. The first-order chi connectivity index (χ1) is 12.0. The summed E-state index contributed by atoms with van der Waals surface area (Å²) in [6.45, 7) is 1.88. The van der Waals surface area contributed by atoms with Crippen LogP contribution in [0.3, 0.4) is 0 Å². The van der Waals surface area contributed by atoms with Crippen molar-refractivity contribution < 1.29 is 9.53 Å². The lowest BCUT2D eigenvalue weighted by atomic mass is 10.2. The van der Waals surface area contributed by atoms with Gasteiger partial charge < -0.3 is 10.1 Å². The predicted octanol–water partition coefficient (Wildman–Crippen LogP) is 0.553. The Morgan fingerprint density at radius 2 is 2.08 bits per heavy atom. The quantitative estimate of drug-likeness (QED) is 0.853. The van der Waals surface area contributed by atoms with E-state index in [1.807, 2.05) is 6.92 Å². The fourth-order valence-electron chi connectivity index (χ4n) is 3.28. The van der Waals surface area contributed by atoms with Crippen LogP contribution in [0.15, 0.2) is 21.9 Å². The maximum absolute atomic E-state index is 12.8. The van der Waals surface area contributed by atoms with Gasteiger partial charge in [-0.25, -0.2) is 14.3 Å². The Kier molecular flexibility index (Phi) is 4.87. The number of carbonyl (C=O) groups is 1. The third-order valence-electron chi connectivity index (χ3n) is 4.51. The van der Waals surface area contributed by atoms with E-state index in [2.05, 4.69) is 10.3 Å². The van der Waals surface area contributed by atoms with Crippen molar-refractivity contribution in [1.29, 1.82) is 0 Å². The van der Waals surface area contributed by atoms with Crippen LogP contribution in [0.4, 0.5) is 0 Å². The molecule has 0 bridgehead atoms. The van der Waals surface area contributed by atoms with Crippen LogP contribution in [-0.4, -0.2) is 32.7 Å². The van der Waals surface area contributed by atoms with Gasteiger partial charge in [0.1, 0.15) is 17.7 Å². The van der Waals surface area contributed by atoms with Gasteiger partial charge in [-0.05, 0) is 25.8 Å². The topological polar surface area (TPSA) is 95.2 Å². The summed E-state index contributed by atoms with van der Waals surface area (Å²) in [4.78, 5) is 41.7. The highest BCUT2D eigenvalue weighted by atomic mass is 16.5. The number of carbonyl (C=O) groups excluding carboxylic acids is 1. The average Bonchev–Trinajstić information content (AvgIpc) is 3.10. The molecule has 134 valence electrons. The van der Waals surface area contributed by atoms with E-state index in [-0.39, 0.29) is 29.5 Å². The minimum absolute atomic E-state index is 0.133. The molecule has 25 heavy (non-hydrogen) atoms. The Morgan fingerprint density at radius 1 is 1.36 bits per heavy atom. The van der Waals surface area contributed by atoms with Gasteiger partial charge in [-0.3, -0.25) is 14.2 Å². The molecule has 2 heterocycles. The van der Waals surface area contributed by atoms with Crippen molar-refractivity contribution in [3.05, 3.63) is 33.1 Å². The molecule has 1 aliphatic carbocycles. The second-order valence-electron chi connectivity index (χ2n) is 6.22.